The molecular weight excluding hydrogens is 310 g/mol. The molecule has 0 unspecified atom stereocenters. The van der Waals surface area contributed by atoms with Crippen LogP contribution in [0, 0.1) is 0 Å². The summed E-state index contributed by atoms with van der Waals surface area (Å²) < 4.78 is 0.838. The van der Waals surface area contributed by atoms with Crippen LogP contribution in [-0.2, 0) is 0 Å². The van der Waals surface area contributed by atoms with Gasteiger partial charge in [0.2, 0.25) is 0 Å². The number of fused-ring (bicyclic) bond motifs is 1. The summed E-state index contributed by atoms with van der Waals surface area (Å²) in [5.74, 6) is 0.00688. The fourth-order valence-corrected chi connectivity index (χ4v) is 3.33. The molecule has 0 bridgehead atoms. The van der Waals surface area contributed by atoms with Crippen LogP contribution in [0.2, 0.25) is 0 Å². The smallest absolute Gasteiger partial charge is 0.197 e. The Hall–Kier alpha value is -1.52. The van der Waals surface area contributed by atoms with E-state index in [2.05, 4.69) is 20.9 Å². The number of rotatable bonds is 2. The lowest BCUT2D eigenvalue weighted by molar-refractivity contribution is 0.104. The first-order valence-corrected chi connectivity index (χ1v) is 7.11. The fourth-order valence-electron chi connectivity index (χ4n) is 1.88. The lowest BCUT2D eigenvalue weighted by Gasteiger charge is -2.04. The number of hydrogen-bond donors (Lipinski definition) is 0. The second kappa shape index (κ2) is 4.63. The van der Waals surface area contributed by atoms with Crippen molar-refractivity contribution in [2.75, 3.05) is 0 Å². The van der Waals surface area contributed by atoms with Gasteiger partial charge in [0, 0.05) is 37.9 Å². The maximum atomic E-state index is 12.5. The van der Waals surface area contributed by atoms with Crippen LogP contribution in [0.15, 0.2) is 51.8 Å². The van der Waals surface area contributed by atoms with E-state index in [0.717, 1.165) is 15.4 Å². The highest BCUT2D eigenvalue weighted by molar-refractivity contribution is 9.10. The number of benzene rings is 1. The van der Waals surface area contributed by atoms with Gasteiger partial charge in [-0.3, -0.25) is 9.78 Å². The molecule has 0 amide bonds. The first-order valence-electron chi connectivity index (χ1n) is 5.37. The third kappa shape index (κ3) is 1.87. The van der Waals surface area contributed by atoms with Gasteiger partial charge >= 0.3 is 0 Å². The van der Waals surface area contributed by atoms with Crippen molar-refractivity contribution in [3.8, 4) is 0 Å². The Morgan fingerprint density at radius 2 is 1.94 bits per heavy atom. The molecule has 0 aliphatic heterocycles. The number of halogens is 1. The molecule has 0 aliphatic rings. The molecule has 0 fully saturated rings. The highest BCUT2D eigenvalue weighted by Gasteiger charge is 2.16. The predicted molar refractivity (Wildman–Crippen MR) is 77.2 cm³/mol. The molecule has 2 aromatic heterocycles. The maximum absolute atomic E-state index is 12.5. The predicted octanol–water partition coefficient (Wildman–Crippen LogP) is 4.29. The van der Waals surface area contributed by atoms with E-state index < -0.39 is 0 Å². The Bertz CT molecular complexity index is 730. The number of pyridine rings is 1. The molecule has 4 heteroatoms. The van der Waals surface area contributed by atoms with Crippen molar-refractivity contribution in [2.45, 2.75) is 0 Å². The first kappa shape index (κ1) is 11.6. The highest BCUT2D eigenvalue weighted by Crippen LogP contribution is 2.26. The number of para-hydroxylation sites is 1. The molecule has 0 spiro atoms. The van der Waals surface area contributed by atoms with Crippen molar-refractivity contribution in [1.29, 1.82) is 0 Å². The van der Waals surface area contributed by atoms with Crippen molar-refractivity contribution in [1.82, 2.24) is 4.98 Å². The number of carbonyl (C=O) groups is 1. The Kier molecular flexibility index (Phi) is 2.97. The quantitative estimate of drug-likeness (QED) is 0.660. The van der Waals surface area contributed by atoms with Crippen LogP contribution in [-0.4, -0.2) is 10.8 Å². The molecule has 3 rings (SSSR count). The standard InChI is InChI=1S/C14H8BrNOS/c15-12-8-18-7-11(12)14(17)10-5-1-3-9-4-2-6-16-13(9)10/h1-8H. The fraction of sp³-hybridized carbons (Fsp3) is 0. The van der Waals surface area contributed by atoms with Gasteiger partial charge in [0.25, 0.3) is 0 Å². The maximum Gasteiger partial charge on any atom is 0.197 e. The van der Waals surface area contributed by atoms with Gasteiger partial charge in [-0.15, -0.1) is 0 Å². The van der Waals surface area contributed by atoms with Crippen LogP contribution in [0.5, 0.6) is 0 Å². The molecule has 0 saturated carbocycles. The molecule has 0 saturated heterocycles. The van der Waals surface area contributed by atoms with Crippen molar-refractivity contribution in [3.05, 3.63) is 62.9 Å². The second-order valence-electron chi connectivity index (χ2n) is 3.84. The van der Waals surface area contributed by atoms with E-state index in [-0.39, 0.29) is 5.78 Å². The van der Waals surface area contributed by atoms with Gasteiger partial charge in [0.1, 0.15) is 0 Å². The van der Waals surface area contributed by atoms with Crippen LogP contribution in [0.4, 0.5) is 0 Å². The molecule has 2 nitrogen and oxygen atoms in total. The van der Waals surface area contributed by atoms with Gasteiger partial charge in [-0.05, 0) is 28.1 Å². The van der Waals surface area contributed by atoms with Crippen molar-refractivity contribution < 1.29 is 4.79 Å². The molecular formula is C14H8BrNOS. The van der Waals surface area contributed by atoms with E-state index in [9.17, 15) is 4.79 Å². The first-order chi connectivity index (χ1) is 8.77. The van der Waals surface area contributed by atoms with Gasteiger partial charge in [-0.25, -0.2) is 0 Å². The van der Waals surface area contributed by atoms with Crippen LogP contribution in [0.3, 0.4) is 0 Å². The number of ketones is 1. The summed E-state index contributed by atoms with van der Waals surface area (Å²) in [5, 5.41) is 4.75. The van der Waals surface area contributed by atoms with Gasteiger partial charge in [-0.2, -0.15) is 11.3 Å². The van der Waals surface area contributed by atoms with Crippen molar-refractivity contribution in [3.63, 3.8) is 0 Å². The van der Waals surface area contributed by atoms with E-state index in [1.165, 1.54) is 11.3 Å². The molecule has 3 aromatic rings. The zero-order chi connectivity index (χ0) is 12.5. The van der Waals surface area contributed by atoms with Crippen molar-refractivity contribution >= 4 is 44.0 Å². The normalized spacial score (nSPS) is 10.7. The minimum atomic E-state index is 0.00688. The molecule has 2 heterocycles. The van der Waals surface area contributed by atoms with Crippen molar-refractivity contribution in [2.24, 2.45) is 0 Å². The Labute approximate surface area is 116 Å². The molecule has 0 radical (unpaired) electrons. The summed E-state index contributed by atoms with van der Waals surface area (Å²) >= 11 is 4.90. The molecule has 88 valence electrons. The summed E-state index contributed by atoms with van der Waals surface area (Å²) in [6.45, 7) is 0. The van der Waals surface area contributed by atoms with Crippen LogP contribution >= 0.6 is 27.3 Å². The average molecular weight is 318 g/mol. The molecule has 0 N–H and O–H groups in total. The van der Waals surface area contributed by atoms with Crippen LogP contribution in [0.1, 0.15) is 15.9 Å². The molecule has 1 aromatic carbocycles. The van der Waals surface area contributed by atoms with Gasteiger partial charge in [-0.1, -0.05) is 18.2 Å². The SMILES string of the molecule is O=C(c1cscc1Br)c1cccc2cccnc12. The summed E-state index contributed by atoms with van der Waals surface area (Å²) in [7, 11) is 0. The lowest BCUT2D eigenvalue weighted by Crippen LogP contribution is -2.02. The molecule has 18 heavy (non-hydrogen) atoms. The van der Waals surface area contributed by atoms with E-state index in [0.29, 0.717) is 11.1 Å². The number of aromatic nitrogens is 1. The second-order valence-corrected chi connectivity index (χ2v) is 5.44. The van der Waals surface area contributed by atoms with Gasteiger partial charge < -0.3 is 0 Å². The summed E-state index contributed by atoms with van der Waals surface area (Å²) in [4.78, 5) is 16.8. The zero-order valence-corrected chi connectivity index (χ0v) is 11.7. The zero-order valence-electron chi connectivity index (χ0n) is 9.26. The molecule has 0 atom stereocenters. The highest BCUT2D eigenvalue weighted by atomic mass is 79.9. The van der Waals surface area contributed by atoms with Crippen LogP contribution in [0.25, 0.3) is 10.9 Å². The number of nitrogens with zero attached hydrogens (tertiary/aromatic N) is 1. The topological polar surface area (TPSA) is 30.0 Å². The lowest BCUT2D eigenvalue weighted by atomic mass is 10.0. The number of hydrogen-bond acceptors (Lipinski definition) is 3. The third-order valence-electron chi connectivity index (χ3n) is 2.74. The van der Waals surface area contributed by atoms with Gasteiger partial charge in [0.15, 0.2) is 5.78 Å². The monoisotopic (exact) mass is 317 g/mol. The van der Waals surface area contributed by atoms with Crippen LogP contribution < -0.4 is 0 Å². The summed E-state index contributed by atoms with van der Waals surface area (Å²) in [6, 6.07) is 9.50. The largest absolute Gasteiger partial charge is 0.288 e. The minimum absolute atomic E-state index is 0.00688. The van der Waals surface area contributed by atoms with E-state index in [1.807, 2.05) is 41.1 Å². The average Bonchev–Trinajstić information content (AvgIpc) is 2.83. The summed E-state index contributed by atoms with van der Waals surface area (Å²) in [5.41, 5.74) is 2.09. The van der Waals surface area contributed by atoms with E-state index in [1.54, 1.807) is 6.20 Å². The summed E-state index contributed by atoms with van der Waals surface area (Å²) in [6.07, 6.45) is 1.71. The minimum Gasteiger partial charge on any atom is -0.288 e. The van der Waals surface area contributed by atoms with Gasteiger partial charge in [0.05, 0.1) is 5.52 Å². The number of thiophene rings is 1. The van der Waals surface area contributed by atoms with E-state index in [4.69, 9.17) is 0 Å². The Morgan fingerprint density at radius 1 is 1.11 bits per heavy atom. The third-order valence-corrected chi connectivity index (χ3v) is 4.44. The van der Waals surface area contributed by atoms with E-state index >= 15 is 0 Å². The number of carbonyl (C=O) groups excluding carboxylic acids is 1. The Balaban J connectivity index is 2.21. The Morgan fingerprint density at radius 3 is 2.72 bits per heavy atom. The molecule has 0 aliphatic carbocycles.